The van der Waals surface area contributed by atoms with Gasteiger partial charge in [-0.3, -0.25) is 0 Å². The molecule has 1 aromatic heterocycles. The smallest absolute Gasteiger partial charge is 0.225 e. The SMILES string of the molecule is c1ccc(COc2ccc(-c3ccc(N4CCC5(CC4)OCCO5)cc3)c(OCc3ccccc3)n2)cc1. The number of hydrogen-bond acceptors (Lipinski definition) is 6. The van der Waals surface area contributed by atoms with Gasteiger partial charge in [-0.1, -0.05) is 72.8 Å². The number of rotatable bonds is 8. The quantitative estimate of drug-likeness (QED) is 0.280. The lowest BCUT2D eigenvalue weighted by molar-refractivity contribution is -0.169. The Labute approximate surface area is 223 Å². The van der Waals surface area contributed by atoms with Crippen LogP contribution in [0.4, 0.5) is 5.69 Å². The van der Waals surface area contributed by atoms with Crippen LogP contribution < -0.4 is 14.4 Å². The van der Waals surface area contributed by atoms with Crippen molar-refractivity contribution in [2.24, 2.45) is 0 Å². The Morgan fingerprint density at radius 3 is 1.92 bits per heavy atom. The Morgan fingerprint density at radius 2 is 1.29 bits per heavy atom. The van der Waals surface area contributed by atoms with Crippen molar-refractivity contribution in [3.05, 3.63) is 108 Å². The van der Waals surface area contributed by atoms with Gasteiger partial charge >= 0.3 is 0 Å². The molecule has 4 aromatic rings. The minimum absolute atomic E-state index is 0.364. The van der Waals surface area contributed by atoms with E-state index in [9.17, 15) is 0 Å². The summed E-state index contributed by atoms with van der Waals surface area (Å²) in [5.74, 6) is 0.732. The molecule has 6 nitrogen and oxygen atoms in total. The maximum absolute atomic E-state index is 6.24. The first-order chi connectivity index (χ1) is 18.8. The summed E-state index contributed by atoms with van der Waals surface area (Å²) in [5, 5.41) is 0. The summed E-state index contributed by atoms with van der Waals surface area (Å²) >= 11 is 0. The van der Waals surface area contributed by atoms with E-state index < -0.39 is 0 Å². The Morgan fingerprint density at radius 1 is 0.684 bits per heavy atom. The van der Waals surface area contributed by atoms with Crippen LogP contribution in [0.15, 0.2) is 97.1 Å². The number of benzene rings is 3. The fraction of sp³-hybridized carbons (Fsp3) is 0.281. The molecule has 0 aliphatic carbocycles. The summed E-state index contributed by atoms with van der Waals surface area (Å²) in [4.78, 5) is 7.14. The molecule has 6 rings (SSSR count). The number of ether oxygens (including phenoxy) is 4. The molecule has 0 amide bonds. The van der Waals surface area contributed by atoms with Gasteiger partial charge in [-0.25, -0.2) is 0 Å². The van der Waals surface area contributed by atoms with Gasteiger partial charge in [-0.05, 0) is 34.9 Å². The Bertz CT molecular complexity index is 1310. The molecule has 1 spiro atoms. The van der Waals surface area contributed by atoms with E-state index in [1.54, 1.807) is 0 Å². The van der Waals surface area contributed by atoms with E-state index in [0.717, 1.165) is 48.2 Å². The average Bonchev–Trinajstić information content (AvgIpc) is 3.44. The summed E-state index contributed by atoms with van der Waals surface area (Å²) in [6.07, 6.45) is 1.78. The van der Waals surface area contributed by atoms with Crippen LogP contribution in [0.3, 0.4) is 0 Å². The molecular formula is C32H32N2O4. The summed E-state index contributed by atoms with van der Waals surface area (Å²) in [5.41, 5.74) is 5.36. The standard InChI is InChI=1S/C32H32N2O4/c1-3-7-25(8-4-1)23-35-30-16-15-29(31(33-30)36-24-26-9-5-2-6-10-26)27-11-13-28(14-12-27)34-19-17-32(18-20-34)37-21-22-38-32/h1-16H,17-24H2. The number of piperidine rings is 1. The van der Waals surface area contributed by atoms with Crippen molar-refractivity contribution in [1.82, 2.24) is 4.98 Å². The van der Waals surface area contributed by atoms with Crippen LogP contribution in [0.2, 0.25) is 0 Å². The van der Waals surface area contributed by atoms with Crippen molar-refractivity contribution in [1.29, 1.82) is 0 Å². The second kappa shape index (κ2) is 11.3. The normalized spacial score (nSPS) is 16.5. The van der Waals surface area contributed by atoms with Crippen LogP contribution in [-0.2, 0) is 22.7 Å². The van der Waals surface area contributed by atoms with Gasteiger partial charge in [-0.2, -0.15) is 4.98 Å². The highest BCUT2D eigenvalue weighted by atomic mass is 16.7. The number of hydrogen-bond donors (Lipinski definition) is 0. The third-order valence-electron chi connectivity index (χ3n) is 7.16. The maximum atomic E-state index is 6.24. The molecule has 2 aliphatic heterocycles. The Kier molecular flexibility index (Phi) is 7.25. The first-order valence-corrected chi connectivity index (χ1v) is 13.2. The predicted octanol–water partition coefficient (Wildman–Crippen LogP) is 6.25. The van der Waals surface area contributed by atoms with E-state index in [2.05, 4.69) is 41.3 Å². The van der Waals surface area contributed by atoms with Crippen LogP contribution in [-0.4, -0.2) is 37.1 Å². The lowest BCUT2D eigenvalue weighted by Gasteiger charge is -2.38. The van der Waals surface area contributed by atoms with Crippen molar-refractivity contribution in [2.45, 2.75) is 31.8 Å². The number of anilines is 1. The number of aromatic nitrogens is 1. The second-order valence-corrected chi connectivity index (χ2v) is 9.69. The lowest BCUT2D eigenvalue weighted by Crippen LogP contribution is -2.45. The highest BCUT2D eigenvalue weighted by molar-refractivity contribution is 5.71. The summed E-state index contributed by atoms with van der Waals surface area (Å²) in [6.45, 7) is 4.12. The molecule has 0 saturated carbocycles. The van der Waals surface area contributed by atoms with E-state index in [1.165, 1.54) is 5.69 Å². The molecular weight excluding hydrogens is 476 g/mol. The lowest BCUT2D eigenvalue weighted by atomic mass is 10.0. The Balaban J connectivity index is 1.19. The van der Waals surface area contributed by atoms with Crippen LogP contribution in [0, 0.1) is 0 Å². The minimum Gasteiger partial charge on any atom is -0.473 e. The molecule has 38 heavy (non-hydrogen) atoms. The van der Waals surface area contributed by atoms with Crippen LogP contribution in [0.5, 0.6) is 11.8 Å². The Hall–Kier alpha value is -3.87. The minimum atomic E-state index is -0.364. The van der Waals surface area contributed by atoms with Gasteiger partial charge in [0.05, 0.1) is 13.2 Å². The number of pyridine rings is 1. The highest BCUT2D eigenvalue weighted by Crippen LogP contribution is 2.35. The van der Waals surface area contributed by atoms with Crippen molar-refractivity contribution in [3.8, 4) is 22.9 Å². The summed E-state index contributed by atoms with van der Waals surface area (Å²) in [7, 11) is 0. The zero-order valence-corrected chi connectivity index (χ0v) is 21.4. The fourth-order valence-corrected chi connectivity index (χ4v) is 5.03. The van der Waals surface area contributed by atoms with Crippen LogP contribution in [0.1, 0.15) is 24.0 Å². The van der Waals surface area contributed by atoms with E-state index in [0.29, 0.717) is 38.2 Å². The van der Waals surface area contributed by atoms with E-state index >= 15 is 0 Å². The highest BCUT2D eigenvalue weighted by Gasteiger charge is 2.39. The molecule has 2 fully saturated rings. The van der Waals surface area contributed by atoms with Gasteiger partial charge in [0, 0.05) is 43.2 Å². The molecule has 0 bridgehead atoms. The van der Waals surface area contributed by atoms with Crippen molar-refractivity contribution >= 4 is 5.69 Å². The number of nitrogens with zero attached hydrogens (tertiary/aromatic N) is 2. The van der Waals surface area contributed by atoms with Gasteiger partial charge in [0.1, 0.15) is 13.2 Å². The molecule has 3 aromatic carbocycles. The fourth-order valence-electron chi connectivity index (χ4n) is 5.03. The van der Waals surface area contributed by atoms with Crippen LogP contribution in [0.25, 0.3) is 11.1 Å². The third kappa shape index (κ3) is 5.67. The topological polar surface area (TPSA) is 53.1 Å². The monoisotopic (exact) mass is 508 g/mol. The van der Waals surface area contributed by atoms with Crippen molar-refractivity contribution in [2.75, 3.05) is 31.2 Å². The van der Waals surface area contributed by atoms with Crippen LogP contribution >= 0.6 is 0 Å². The van der Waals surface area contributed by atoms with Gasteiger partial charge in [0.15, 0.2) is 5.79 Å². The molecule has 2 aliphatic rings. The molecule has 194 valence electrons. The molecule has 0 N–H and O–H groups in total. The molecule has 2 saturated heterocycles. The van der Waals surface area contributed by atoms with E-state index in [-0.39, 0.29) is 5.79 Å². The predicted molar refractivity (Wildman–Crippen MR) is 147 cm³/mol. The summed E-state index contributed by atoms with van der Waals surface area (Å²) in [6, 6.07) is 32.8. The van der Waals surface area contributed by atoms with E-state index in [4.69, 9.17) is 23.9 Å². The second-order valence-electron chi connectivity index (χ2n) is 9.69. The van der Waals surface area contributed by atoms with Crippen molar-refractivity contribution < 1.29 is 18.9 Å². The van der Waals surface area contributed by atoms with Gasteiger partial charge < -0.3 is 23.8 Å². The largest absolute Gasteiger partial charge is 0.473 e. The van der Waals surface area contributed by atoms with Gasteiger partial charge in [0.25, 0.3) is 0 Å². The van der Waals surface area contributed by atoms with Gasteiger partial charge in [0.2, 0.25) is 11.8 Å². The zero-order valence-electron chi connectivity index (χ0n) is 21.4. The average molecular weight is 509 g/mol. The molecule has 0 radical (unpaired) electrons. The molecule has 6 heteroatoms. The molecule has 0 unspecified atom stereocenters. The summed E-state index contributed by atoms with van der Waals surface area (Å²) < 4.78 is 24.0. The molecule has 0 atom stereocenters. The molecule has 3 heterocycles. The third-order valence-corrected chi connectivity index (χ3v) is 7.16. The maximum Gasteiger partial charge on any atom is 0.225 e. The van der Waals surface area contributed by atoms with E-state index in [1.807, 2.05) is 60.7 Å². The van der Waals surface area contributed by atoms with Crippen molar-refractivity contribution in [3.63, 3.8) is 0 Å². The first-order valence-electron chi connectivity index (χ1n) is 13.2. The zero-order chi connectivity index (χ0) is 25.6. The van der Waals surface area contributed by atoms with Gasteiger partial charge in [-0.15, -0.1) is 0 Å². The first kappa shape index (κ1) is 24.5.